The molecule has 0 amide bonds. The Kier molecular flexibility index (Phi) is 4.40. The van der Waals surface area contributed by atoms with Crippen LogP contribution in [0.5, 0.6) is 11.5 Å². The van der Waals surface area contributed by atoms with Gasteiger partial charge >= 0.3 is 5.97 Å². The SMILES string of the molecule is COc1cc(C2CC(C(=O)O)CN2)c(OC)c(Cl)c1C. The minimum absolute atomic E-state index is 0.0990. The highest BCUT2D eigenvalue weighted by Gasteiger charge is 2.33. The molecule has 5 nitrogen and oxygen atoms in total. The average molecular weight is 300 g/mol. The average Bonchev–Trinajstić information content (AvgIpc) is 2.91. The molecule has 1 saturated heterocycles. The van der Waals surface area contributed by atoms with Crippen molar-refractivity contribution in [3.8, 4) is 11.5 Å². The largest absolute Gasteiger partial charge is 0.496 e. The number of hydrogen-bond acceptors (Lipinski definition) is 4. The lowest BCUT2D eigenvalue weighted by Gasteiger charge is -2.19. The van der Waals surface area contributed by atoms with E-state index in [1.165, 1.54) is 0 Å². The number of carboxylic acids is 1. The predicted octanol–water partition coefficient (Wildman–Crippen LogP) is 2.40. The molecule has 1 heterocycles. The fraction of sp³-hybridized carbons (Fsp3) is 0.500. The molecule has 20 heavy (non-hydrogen) atoms. The van der Waals surface area contributed by atoms with Gasteiger partial charge in [0.05, 0.1) is 25.2 Å². The van der Waals surface area contributed by atoms with Crippen LogP contribution >= 0.6 is 11.6 Å². The van der Waals surface area contributed by atoms with Crippen LogP contribution in [-0.2, 0) is 4.79 Å². The maximum atomic E-state index is 11.1. The Morgan fingerprint density at radius 2 is 2.15 bits per heavy atom. The number of benzene rings is 1. The summed E-state index contributed by atoms with van der Waals surface area (Å²) < 4.78 is 10.7. The van der Waals surface area contributed by atoms with Gasteiger partial charge in [-0.3, -0.25) is 4.79 Å². The van der Waals surface area contributed by atoms with E-state index in [-0.39, 0.29) is 6.04 Å². The lowest BCUT2D eigenvalue weighted by atomic mass is 9.97. The molecule has 0 spiro atoms. The highest BCUT2D eigenvalue weighted by molar-refractivity contribution is 6.33. The van der Waals surface area contributed by atoms with E-state index in [2.05, 4.69) is 5.32 Å². The summed E-state index contributed by atoms with van der Waals surface area (Å²) in [5, 5.41) is 12.8. The molecule has 1 fully saturated rings. The van der Waals surface area contributed by atoms with Gasteiger partial charge in [0.25, 0.3) is 0 Å². The Labute approximate surface area is 122 Å². The quantitative estimate of drug-likeness (QED) is 0.893. The van der Waals surface area contributed by atoms with E-state index in [1.54, 1.807) is 14.2 Å². The first kappa shape index (κ1) is 14.9. The molecular weight excluding hydrogens is 282 g/mol. The van der Waals surface area contributed by atoms with Gasteiger partial charge in [-0.25, -0.2) is 0 Å². The van der Waals surface area contributed by atoms with E-state index in [0.29, 0.717) is 29.5 Å². The Bertz CT molecular complexity index is 532. The van der Waals surface area contributed by atoms with Crippen LogP contribution in [0.1, 0.15) is 23.6 Å². The molecule has 0 aliphatic carbocycles. The summed E-state index contributed by atoms with van der Waals surface area (Å²) >= 11 is 6.31. The smallest absolute Gasteiger partial charge is 0.307 e. The van der Waals surface area contributed by atoms with Crippen LogP contribution in [0.4, 0.5) is 0 Å². The zero-order valence-electron chi connectivity index (χ0n) is 11.7. The topological polar surface area (TPSA) is 67.8 Å². The van der Waals surface area contributed by atoms with Crippen LogP contribution in [-0.4, -0.2) is 31.8 Å². The lowest BCUT2D eigenvalue weighted by molar-refractivity contribution is -0.141. The van der Waals surface area contributed by atoms with Gasteiger partial charge in [0.2, 0.25) is 0 Å². The van der Waals surface area contributed by atoms with E-state index < -0.39 is 11.9 Å². The van der Waals surface area contributed by atoms with Crippen LogP contribution < -0.4 is 14.8 Å². The third-order valence-electron chi connectivity index (χ3n) is 3.73. The molecule has 1 aliphatic heterocycles. The normalized spacial score (nSPS) is 21.8. The van der Waals surface area contributed by atoms with Crippen LogP contribution in [0.15, 0.2) is 6.07 Å². The maximum absolute atomic E-state index is 11.1. The Morgan fingerprint density at radius 1 is 1.45 bits per heavy atom. The van der Waals surface area contributed by atoms with Crippen LogP contribution in [0.25, 0.3) is 0 Å². The monoisotopic (exact) mass is 299 g/mol. The van der Waals surface area contributed by atoms with Gasteiger partial charge in [0, 0.05) is 23.7 Å². The van der Waals surface area contributed by atoms with Crippen molar-refractivity contribution >= 4 is 17.6 Å². The van der Waals surface area contributed by atoms with Gasteiger partial charge in [-0.1, -0.05) is 11.6 Å². The summed E-state index contributed by atoms with van der Waals surface area (Å²) in [5.41, 5.74) is 1.64. The fourth-order valence-corrected chi connectivity index (χ4v) is 2.84. The molecule has 0 aromatic heterocycles. The summed E-state index contributed by atoms with van der Waals surface area (Å²) in [5.74, 6) is 0.0693. The van der Waals surface area contributed by atoms with Gasteiger partial charge in [0.15, 0.2) is 0 Å². The Morgan fingerprint density at radius 3 is 2.65 bits per heavy atom. The number of carbonyl (C=O) groups is 1. The van der Waals surface area contributed by atoms with E-state index in [0.717, 1.165) is 11.1 Å². The van der Waals surface area contributed by atoms with Gasteiger partial charge in [-0.05, 0) is 19.4 Å². The number of methoxy groups -OCH3 is 2. The minimum Gasteiger partial charge on any atom is -0.496 e. The number of ether oxygens (including phenoxy) is 2. The van der Waals surface area contributed by atoms with Crippen LogP contribution in [0.2, 0.25) is 5.02 Å². The van der Waals surface area contributed by atoms with Gasteiger partial charge in [0.1, 0.15) is 11.5 Å². The molecule has 110 valence electrons. The standard InChI is InChI=1S/C14H18ClNO4/c1-7-11(19-2)5-9(13(20-3)12(7)15)10-4-8(6-16-10)14(17)18/h5,8,10,16H,4,6H2,1-3H3,(H,17,18). The second kappa shape index (κ2) is 5.89. The third-order valence-corrected chi connectivity index (χ3v) is 4.18. The van der Waals surface area contributed by atoms with Crippen molar-refractivity contribution in [1.82, 2.24) is 5.32 Å². The number of nitrogens with one attached hydrogen (secondary N) is 1. The van der Waals surface area contributed by atoms with Crippen molar-refractivity contribution in [2.45, 2.75) is 19.4 Å². The number of halogens is 1. The molecule has 1 aromatic carbocycles. The van der Waals surface area contributed by atoms with Crippen molar-refractivity contribution < 1.29 is 19.4 Å². The Hall–Kier alpha value is -1.46. The van der Waals surface area contributed by atoms with Crippen LogP contribution in [0, 0.1) is 12.8 Å². The second-order valence-corrected chi connectivity index (χ2v) is 5.25. The number of aliphatic carboxylic acids is 1. The van der Waals surface area contributed by atoms with E-state index in [4.69, 9.17) is 26.2 Å². The van der Waals surface area contributed by atoms with Crippen molar-refractivity contribution in [3.63, 3.8) is 0 Å². The highest BCUT2D eigenvalue weighted by Crippen LogP contribution is 2.43. The number of carboxylic acid groups (broad SMARTS) is 1. The summed E-state index contributed by atoms with van der Waals surface area (Å²) in [6.45, 7) is 2.30. The second-order valence-electron chi connectivity index (χ2n) is 4.87. The van der Waals surface area contributed by atoms with Gasteiger partial charge in [-0.15, -0.1) is 0 Å². The zero-order valence-corrected chi connectivity index (χ0v) is 12.5. The first-order valence-corrected chi connectivity index (χ1v) is 6.74. The molecule has 2 unspecified atom stereocenters. The van der Waals surface area contributed by atoms with Crippen molar-refractivity contribution in [1.29, 1.82) is 0 Å². The summed E-state index contributed by atoms with van der Waals surface area (Å²) in [6.07, 6.45) is 0.508. The molecule has 2 atom stereocenters. The lowest BCUT2D eigenvalue weighted by Crippen LogP contribution is -2.17. The molecule has 0 radical (unpaired) electrons. The predicted molar refractivity (Wildman–Crippen MR) is 75.8 cm³/mol. The van der Waals surface area contributed by atoms with Crippen molar-refractivity contribution in [3.05, 3.63) is 22.2 Å². The number of hydrogen-bond donors (Lipinski definition) is 2. The molecule has 0 bridgehead atoms. The van der Waals surface area contributed by atoms with E-state index in [1.807, 2.05) is 13.0 Å². The third kappa shape index (κ3) is 2.55. The van der Waals surface area contributed by atoms with Gasteiger partial charge < -0.3 is 19.9 Å². The molecule has 6 heteroatoms. The molecule has 0 saturated carbocycles. The van der Waals surface area contributed by atoms with Gasteiger partial charge in [-0.2, -0.15) is 0 Å². The highest BCUT2D eigenvalue weighted by atomic mass is 35.5. The molecular formula is C14H18ClNO4. The summed E-state index contributed by atoms with van der Waals surface area (Å²) in [6, 6.07) is 1.76. The summed E-state index contributed by atoms with van der Waals surface area (Å²) in [4.78, 5) is 11.1. The first-order valence-electron chi connectivity index (χ1n) is 6.36. The Balaban J connectivity index is 2.41. The summed E-state index contributed by atoms with van der Waals surface area (Å²) in [7, 11) is 3.14. The minimum atomic E-state index is -0.788. The van der Waals surface area contributed by atoms with E-state index in [9.17, 15) is 4.79 Å². The van der Waals surface area contributed by atoms with Crippen molar-refractivity contribution in [2.75, 3.05) is 20.8 Å². The molecule has 1 aromatic rings. The van der Waals surface area contributed by atoms with Crippen molar-refractivity contribution in [2.24, 2.45) is 5.92 Å². The number of rotatable bonds is 4. The van der Waals surface area contributed by atoms with Crippen LogP contribution in [0.3, 0.4) is 0 Å². The first-order chi connectivity index (χ1) is 9.49. The maximum Gasteiger partial charge on any atom is 0.307 e. The molecule has 2 rings (SSSR count). The zero-order chi connectivity index (χ0) is 14.9. The molecule has 1 aliphatic rings. The molecule has 2 N–H and O–H groups in total. The fourth-order valence-electron chi connectivity index (χ4n) is 2.56. The van der Waals surface area contributed by atoms with E-state index >= 15 is 0 Å².